The Morgan fingerprint density at radius 1 is 1.12 bits per heavy atom. The number of hydrogen-bond donors (Lipinski definition) is 3. The van der Waals surface area contributed by atoms with Crippen LogP contribution >= 0.6 is 0 Å². The first-order chi connectivity index (χ1) is 10.9. The quantitative estimate of drug-likeness (QED) is 0.708. The van der Waals surface area contributed by atoms with Gasteiger partial charge in [0.15, 0.2) is 0 Å². The van der Waals surface area contributed by atoms with Crippen LogP contribution in [0.25, 0.3) is 0 Å². The molecule has 136 valence electrons. The molecule has 0 saturated carbocycles. The van der Waals surface area contributed by atoms with E-state index in [0.717, 1.165) is 0 Å². The van der Waals surface area contributed by atoms with Gasteiger partial charge in [-0.25, -0.2) is 9.59 Å². The molecule has 0 radical (unpaired) electrons. The van der Waals surface area contributed by atoms with Gasteiger partial charge < -0.3 is 19.9 Å². The Bertz CT molecular complexity index is 619. The van der Waals surface area contributed by atoms with Crippen molar-refractivity contribution in [2.24, 2.45) is 0 Å². The maximum Gasteiger partial charge on any atom is 0.408 e. The van der Waals surface area contributed by atoms with Crippen LogP contribution in [0.5, 0.6) is 0 Å². The number of rotatable bonds is 5. The zero-order valence-corrected chi connectivity index (χ0v) is 15.1. The van der Waals surface area contributed by atoms with Gasteiger partial charge >= 0.3 is 12.1 Å². The number of ether oxygens (including phenoxy) is 2. The molecule has 0 bridgehead atoms. The number of carbonyl (C=O) groups is 2. The number of carbonyl (C=O) groups excluding carboxylic acids is 2. The summed E-state index contributed by atoms with van der Waals surface area (Å²) in [5, 5.41) is 7.54. The molecule has 1 amide bonds. The van der Waals surface area contributed by atoms with Gasteiger partial charge in [0.05, 0.1) is 0 Å². The molecule has 8 nitrogen and oxygen atoms in total. The highest BCUT2D eigenvalue weighted by Crippen LogP contribution is 2.12. The SMILES string of the molecule is CC(C)(C)OC(=O)NC(CCc1c[nH][nH]c1=O)C(=O)OC(C)(C)C. The summed E-state index contributed by atoms with van der Waals surface area (Å²) in [5.74, 6) is -0.569. The molecule has 24 heavy (non-hydrogen) atoms. The molecule has 0 fully saturated rings. The normalized spacial score (nSPS) is 13.2. The summed E-state index contributed by atoms with van der Waals surface area (Å²) in [5.41, 5.74) is -1.12. The predicted octanol–water partition coefficient (Wildman–Crippen LogP) is 1.87. The Morgan fingerprint density at radius 2 is 1.71 bits per heavy atom. The lowest BCUT2D eigenvalue weighted by molar-refractivity contribution is -0.157. The predicted molar refractivity (Wildman–Crippen MR) is 88.7 cm³/mol. The van der Waals surface area contributed by atoms with E-state index in [1.54, 1.807) is 41.5 Å². The second-order valence-electron chi connectivity index (χ2n) is 7.54. The minimum Gasteiger partial charge on any atom is -0.458 e. The second-order valence-corrected chi connectivity index (χ2v) is 7.54. The Balaban J connectivity index is 2.78. The van der Waals surface area contributed by atoms with Gasteiger partial charge in [0, 0.05) is 11.8 Å². The number of amides is 1. The standard InChI is InChI=1S/C16H27N3O5/c1-15(2,3)23-13(21)11(18-14(22)24-16(4,5)6)8-7-10-9-17-19-12(10)20/h9,11H,7-8H2,1-6H3,(H,18,22)(H2,17,19,20). The van der Waals surface area contributed by atoms with Crippen molar-refractivity contribution in [3.05, 3.63) is 22.1 Å². The van der Waals surface area contributed by atoms with Gasteiger partial charge in [0.25, 0.3) is 5.56 Å². The number of alkyl carbamates (subject to hydrolysis) is 1. The summed E-state index contributed by atoms with van der Waals surface area (Å²) in [6.07, 6.45) is 1.34. The molecule has 3 N–H and O–H groups in total. The van der Waals surface area contributed by atoms with Crippen LogP contribution in [0.1, 0.15) is 53.5 Å². The summed E-state index contributed by atoms with van der Waals surface area (Å²) in [7, 11) is 0. The smallest absolute Gasteiger partial charge is 0.408 e. The van der Waals surface area contributed by atoms with E-state index in [1.165, 1.54) is 6.20 Å². The second kappa shape index (κ2) is 7.55. The topological polar surface area (TPSA) is 113 Å². The van der Waals surface area contributed by atoms with Crippen LogP contribution in [0.15, 0.2) is 11.0 Å². The Hall–Kier alpha value is -2.25. The third-order valence-electron chi connectivity index (χ3n) is 2.81. The molecule has 0 spiro atoms. The fraction of sp³-hybridized carbons (Fsp3) is 0.688. The van der Waals surface area contributed by atoms with Crippen LogP contribution < -0.4 is 10.9 Å². The van der Waals surface area contributed by atoms with Gasteiger partial charge in [-0.05, 0) is 54.4 Å². The molecule has 1 unspecified atom stereocenters. The van der Waals surface area contributed by atoms with E-state index in [-0.39, 0.29) is 12.0 Å². The first kappa shape index (κ1) is 19.8. The largest absolute Gasteiger partial charge is 0.458 e. The number of nitrogens with one attached hydrogen (secondary N) is 3. The van der Waals surface area contributed by atoms with E-state index >= 15 is 0 Å². The van der Waals surface area contributed by atoms with Crippen LogP contribution in [0.4, 0.5) is 4.79 Å². The molecule has 0 saturated heterocycles. The molecule has 1 aromatic heterocycles. The molecule has 8 heteroatoms. The van der Waals surface area contributed by atoms with Crippen molar-refractivity contribution >= 4 is 12.1 Å². The zero-order chi connectivity index (χ0) is 18.5. The highest BCUT2D eigenvalue weighted by molar-refractivity contribution is 5.81. The molecule has 1 aromatic rings. The number of esters is 1. The lowest BCUT2D eigenvalue weighted by atomic mass is 10.1. The summed E-state index contributed by atoms with van der Waals surface area (Å²) in [4.78, 5) is 35.8. The lowest BCUT2D eigenvalue weighted by Crippen LogP contribution is -2.46. The minimum absolute atomic E-state index is 0.217. The summed E-state index contributed by atoms with van der Waals surface area (Å²) in [6, 6.07) is -0.909. The van der Waals surface area contributed by atoms with E-state index in [0.29, 0.717) is 12.0 Å². The highest BCUT2D eigenvalue weighted by Gasteiger charge is 2.28. The fourth-order valence-corrected chi connectivity index (χ4v) is 1.89. The zero-order valence-electron chi connectivity index (χ0n) is 15.1. The Labute approximate surface area is 141 Å². The maximum atomic E-state index is 12.3. The lowest BCUT2D eigenvalue weighted by Gasteiger charge is -2.26. The third kappa shape index (κ3) is 7.34. The maximum absolute atomic E-state index is 12.3. The number of aromatic amines is 2. The van der Waals surface area contributed by atoms with Gasteiger partial charge in [-0.1, -0.05) is 0 Å². The van der Waals surface area contributed by atoms with Crippen molar-refractivity contribution in [1.29, 1.82) is 0 Å². The van der Waals surface area contributed by atoms with Gasteiger partial charge in [0.1, 0.15) is 17.2 Å². The number of aromatic nitrogens is 2. The Kier molecular flexibility index (Phi) is 6.22. The number of hydrogen-bond acceptors (Lipinski definition) is 5. The van der Waals surface area contributed by atoms with Gasteiger partial charge in [-0.15, -0.1) is 0 Å². The average molecular weight is 341 g/mol. The van der Waals surface area contributed by atoms with E-state index in [1.807, 2.05) is 0 Å². The molecular formula is C16H27N3O5. The van der Waals surface area contributed by atoms with Crippen LogP contribution in [-0.4, -0.2) is 39.5 Å². The van der Waals surface area contributed by atoms with Crippen molar-refractivity contribution in [2.45, 2.75) is 71.6 Å². The monoisotopic (exact) mass is 341 g/mol. The average Bonchev–Trinajstić information content (AvgIpc) is 2.75. The third-order valence-corrected chi connectivity index (χ3v) is 2.81. The fourth-order valence-electron chi connectivity index (χ4n) is 1.89. The molecule has 0 aromatic carbocycles. The summed E-state index contributed by atoms with van der Waals surface area (Å²) in [6.45, 7) is 10.4. The minimum atomic E-state index is -0.909. The van der Waals surface area contributed by atoms with Crippen LogP contribution in [0.2, 0.25) is 0 Å². The van der Waals surface area contributed by atoms with Crippen molar-refractivity contribution in [3.63, 3.8) is 0 Å². The van der Waals surface area contributed by atoms with E-state index in [9.17, 15) is 14.4 Å². The van der Waals surface area contributed by atoms with E-state index < -0.39 is 29.3 Å². The first-order valence-electron chi connectivity index (χ1n) is 7.85. The number of H-pyrrole nitrogens is 2. The molecule has 0 aliphatic carbocycles. The first-order valence-corrected chi connectivity index (χ1v) is 7.85. The van der Waals surface area contributed by atoms with Crippen molar-refractivity contribution in [3.8, 4) is 0 Å². The number of aryl methyl sites for hydroxylation is 1. The van der Waals surface area contributed by atoms with Gasteiger partial charge in [-0.3, -0.25) is 9.89 Å². The van der Waals surface area contributed by atoms with Gasteiger partial charge in [0.2, 0.25) is 0 Å². The molecule has 0 aliphatic heterocycles. The van der Waals surface area contributed by atoms with Crippen molar-refractivity contribution in [2.75, 3.05) is 0 Å². The summed E-state index contributed by atoms with van der Waals surface area (Å²) < 4.78 is 10.5. The summed E-state index contributed by atoms with van der Waals surface area (Å²) >= 11 is 0. The molecule has 1 rings (SSSR count). The molecule has 1 atom stereocenters. The van der Waals surface area contributed by atoms with Crippen molar-refractivity contribution < 1.29 is 19.1 Å². The van der Waals surface area contributed by atoms with Crippen molar-refractivity contribution in [1.82, 2.24) is 15.5 Å². The van der Waals surface area contributed by atoms with E-state index in [4.69, 9.17) is 9.47 Å². The molecular weight excluding hydrogens is 314 g/mol. The van der Waals surface area contributed by atoms with E-state index in [2.05, 4.69) is 15.5 Å². The molecule has 1 heterocycles. The van der Waals surface area contributed by atoms with Crippen LogP contribution in [-0.2, 0) is 20.7 Å². The van der Waals surface area contributed by atoms with Gasteiger partial charge in [-0.2, -0.15) is 0 Å². The highest BCUT2D eigenvalue weighted by atomic mass is 16.6. The van der Waals surface area contributed by atoms with Crippen LogP contribution in [0, 0.1) is 0 Å². The van der Waals surface area contributed by atoms with Crippen LogP contribution in [0.3, 0.4) is 0 Å². The Morgan fingerprint density at radius 3 is 2.17 bits per heavy atom. The molecule has 0 aliphatic rings.